The van der Waals surface area contributed by atoms with Crippen molar-refractivity contribution in [2.45, 2.75) is 78.6 Å². The van der Waals surface area contributed by atoms with Gasteiger partial charge in [0.15, 0.2) is 0 Å². The first-order valence-corrected chi connectivity index (χ1v) is 36.0. The van der Waals surface area contributed by atoms with Crippen molar-refractivity contribution in [3.8, 4) is 55.9 Å². The van der Waals surface area contributed by atoms with Crippen LogP contribution >= 0.6 is 8.92 Å². The predicted molar refractivity (Wildman–Crippen MR) is 395 cm³/mol. The van der Waals surface area contributed by atoms with E-state index in [2.05, 4.69) is 62.3 Å². The number of methoxy groups -OCH3 is 8. The van der Waals surface area contributed by atoms with E-state index in [9.17, 15) is 38.4 Å². The molecule has 4 heterocycles. The molecule has 0 N–H and O–H groups in total. The number of hydrogen-bond acceptors (Lipinski definition) is 17. The first kappa shape index (κ1) is 73.4. The van der Waals surface area contributed by atoms with Gasteiger partial charge in [-0.15, -0.1) is 33.1 Å². The summed E-state index contributed by atoms with van der Waals surface area (Å²) in [6, 6.07) is 34.9. The zero-order valence-corrected chi connectivity index (χ0v) is 63.4. The molecule has 20 nitrogen and oxygen atoms in total. The summed E-state index contributed by atoms with van der Waals surface area (Å²) in [5.74, 6) is -7.31. The zero-order valence-electron chi connectivity index (χ0n) is 59.7. The van der Waals surface area contributed by atoms with E-state index in [0.29, 0.717) is 16.7 Å². The van der Waals surface area contributed by atoms with E-state index in [0.717, 1.165) is 52.3 Å². The van der Waals surface area contributed by atoms with Gasteiger partial charge in [-0.3, -0.25) is 0 Å². The van der Waals surface area contributed by atoms with Crippen LogP contribution in [0.5, 0.6) is 0 Å². The average Bonchev–Trinajstić information content (AvgIpc) is 1.55. The SMILES string of the molecule is COC(=O)c1cc2c(cc1C(=O)OC)-c1nc-2c(-c2ccc(C(C)(C)C)cc2)c2[n-]c(c(-c3ccc(C(C)(C)C)cc3)c3[n-]c(c(-c4ccc(C(C)(C)C)cc4)c4[n-]c1c1cc(C(=O)OC)c(C(=O)OC)cc41)c1cc(C(=O)OC)c(C(=O)OC)cc31)c1cc(C(=O)OC)c(C(=O)OC)cc21.[Cl][Sn+3]. The maximum absolute atomic E-state index is 14.5. The van der Waals surface area contributed by atoms with Crippen LogP contribution in [0.4, 0.5) is 0 Å². The number of carbonyl (C=O) groups is 8. The molecule has 8 bridgehead atoms. The van der Waals surface area contributed by atoms with Gasteiger partial charge in [0.2, 0.25) is 0 Å². The second-order valence-electron chi connectivity index (χ2n) is 27.5. The Morgan fingerprint density at radius 1 is 0.291 bits per heavy atom. The summed E-state index contributed by atoms with van der Waals surface area (Å²) >= 11 is 1.02. The molecular weight excluding hydrogens is 1440 g/mol. The second kappa shape index (κ2) is 28.2. The molecule has 0 fully saturated rings. The molecule has 0 atom stereocenters. The van der Waals surface area contributed by atoms with E-state index in [1.54, 1.807) is 0 Å². The summed E-state index contributed by atoms with van der Waals surface area (Å²) < 4.78 is 43.3. The molecule has 2 aliphatic rings. The second-order valence-corrected chi connectivity index (χ2v) is 27.5. The van der Waals surface area contributed by atoms with Crippen LogP contribution in [0, 0.1) is 0 Å². The number of rotatable bonds is 11. The number of esters is 8. The van der Waals surface area contributed by atoms with Crippen molar-refractivity contribution in [3.63, 3.8) is 0 Å². The Morgan fingerprint density at radius 2 is 0.485 bits per heavy atom. The number of hydrogen-bond donors (Lipinski definition) is 0. The van der Waals surface area contributed by atoms with Gasteiger partial charge in [-0.05, 0) is 147 Å². The zero-order chi connectivity index (χ0) is 74.8. The van der Waals surface area contributed by atoms with Crippen molar-refractivity contribution in [1.82, 2.24) is 19.9 Å². The van der Waals surface area contributed by atoms with Crippen LogP contribution in [0.3, 0.4) is 0 Å². The number of benzene rings is 7. The third-order valence-corrected chi connectivity index (χ3v) is 18.6. The Kier molecular flexibility index (Phi) is 20.1. The Morgan fingerprint density at radius 3 is 0.718 bits per heavy atom. The summed E-state index contributed by atoms with van der Waals surface area (Å²) in [5, 5.41) is 1.44. The monoisotopic (exact) mass is 1510 g/mol. The van der Waals surface area contributed by atoms with Gasteiger partial charge in [-0.1, -0.05) is 135 Å². The molecule has 0 saturated carbocycles. The topological polar surface area (TPSA) is 266 Å². The van der Waals surface area contributed by atoms with Crippen LogP contribution in [0.1, 0.15) is 162 Å². The van der Waals surface area contributed by atoms with Gasteiger partial charge < -0.3 is 52.8 Å². The van der Waals surface area contributed by atoms with E-state index in [1.165, 1.54) is 91.2 Å². The van der Waals surface area contributed by atoms with E-state index in [4.69, 9.17) is 66.8 Å². The summed E-state index contributed by atoms with van der Waals surface area (Å²) in [6.45, 7) is 18.6. The quantitative estimate of drug-likeness (QED) is 0.0661. The van der Waals surface area contributed by atoms with Gasteiger partial charge in [0, 0.05) is 11.1 Å². The van der Waals surface area contributed by atoms with Crippen LogP contribution in [0.2, 0.25) is 0 Å². The molecule has 103 heavy (non-hydrogen) atoms. The molecule has 1 aliphatic carbocycles. The van der Waals surface area contributed by atoms with Gasteiger partial charge in [0.1, 0.15) is 0 Å². The third kappa shape index (κ3) is 12.9. The minimum absolute atomic E-state index is 0.0535. The first-order chi connectivity index (χ1) is 48.9. The van der Waals surface area contributed by atoms with Crippen molar-refractivity contribution in [1.29, 1.82) is 0 Å². The van der Waals surface area contributed by atoms with Gasteiger partial charge in [-0.25, -0.2) is 43.3 Å². The standard InChI is InChI=1S/C81H74N4O16.ClH.Sn/c1-79(2,3)41-24-18-38(19-25-41)60-63-44-30-52(71(86)94-10)54(73(88)96-12)32-46(44)65(82-63)61(39-20-26-42(27-21-39)80(4,5)6)67-48-34-56(75(90)98-14)58(77(92)100-16)36-50(48)69(84-67)70-51-37-59(78(93)101-17)57(76(91)99-15)35-49(51)68(85-70)62(40-22-28-43(29-23-40)81(7,8)9)66-47-33-55(74(89)97-13)53(72(87)95-11)31-45(47)64(60)83-66;;/h18-37H,1-17H3,(H3,82,83,84,85,86,87,88,89,90,91,92,93);1H;/q;;+4/p-4. The molecule has 12 rings (SSSR count). The van der Waals surface area contributed by atoms with Gasteiger partial charge in [0.25, 0.3) is 0 Å². The summed E-state index contributed by atoms with van der Waals surface area (Å²) in [7, 11) is 14.1. The van der Waals surface area contributed by atoms with E-state index >= 15 is 0 Å². The maximum atomic E-state index is 14.5. The molecule has 0 amide bonds. The van der Waals surface area contributed by atoms with E-state index < -0.39 is 47.8 Å². The van der Waals surface area contributed by atoms with Gasteiger partial charge >= 0.3 is 78.1 Å². The fourth-order valence-electron chi connectivity index (χ4n) is 13.2. The molecule has 22 heteroatoms. The van der Waals surface area contributed by atoms with Gasteiger partial charge in [0.05, 0.1) is 113 Å². The Labute approximate surface area is 609 Å². The fourth-order valence-corrected chi connectivity index (χ4v) is 13.2. The summed E-state index contributed by atoms with van der Waals surface area (Å²) in [6.07, 6.45) is 0. The molecule has 7 aromatic carbocycles. The molecular formula is C81H71ClN4O16Sn. The number of halogens is 1. The van der Waals surface area contributed by atoms with Crippen molar-refractivity contribution >= 4 is 143 Å². The molecule has 0 radical (unpaired) electrons. The molecule has 0 saturated heterocycles. The van der Waals surface area contributed by atoms with Crippen molar-refractivity contribution in [2.75, 3.05) is 56.9 Å². The number of carbonyl (C=O) groups excluding carboxylic acids is 8. The molecule has 3 aromatic heterocycles. The summed E-state index contributed by atoms with van der Waals surface area (Å²) in [5.41, 5.74) is 3.60. The van der Waals surface area contributed by atoms with Crippen LogP contribution < -0.4 is 15.0 Å². The number of ether oxygens (including phenoxy) is 8. The summed E-state index contributed by atoms with van der Waals surface area (Å²) in [4.78, 5) is 138. The van der Waals surface area contributed by atoms with Crippen LogP contribution in [0.25, 0.3) is 121 Å². The predicted octanol–water partition coefficient (Wildman–Crippen LogP) is 15.7. The normalized spacial score (nSPS) is 11.8. The van der Waals surface area contributed by atoms with Crippen molar-refractivity contribution in [2.24, 2.45) is 0 Å². The van der Waals surface area contributed by atoms with Gasteiger partial charge in [-0.2, -0.15) is 0 Å². The molecule has 0 unspecified atom stereocenters. The Bertz CT molecular complexity index is 5550. The number of fused-ring (bicyclic) bond motifs is 1. The molecule has 522 valence electrons. The van der Waals surface area contributed by atoms with Crippen molar-refractivity contribution < 1.29 is 76.3 Å². The van der Waals surface area contributed by atoms with E-state index in [-0.39, 0.29) is 165 Å². The average molecular weight is 1510 g/mol. The molecule has 1 aliphatic heterocycles. The Hall–Kier alpha value is -10.8. The number of nitrogens with zero attached hydrogens (tertiary/aromatic N) is 4. The van der Waals surface area contributed by atoms with Crippen molar-refractivity contribution in [3.05, 3.63) is 183 Å². The van der Waals surface area contributed by atoms with E-state index in [1.807, 2.05) is 72.8 Å². The molecule has 10 aromatic rings. The van der Waals surface area contributed by atoms with Crippen LogP contribution in [-0.4, -0.2) is 131 Å². The Balaban J connectivity index is 0.00000527. The molecule has 0 spiro atoms. The first-order valence-electron chi connectivity index (χ1n) is 32.3. The van der Waals surface area contributed by atoms with Crippen LogP contribution in [-0.2, 0) is 54.1 Å². The number of aromatic nitrogens is 4. The minimum atomic E-state index is -0.925. The fraction of sp³-hybridized carbons (Fsp3) is 0.247. The third-order valence-electron chi connectivity index (χ3n) is 18.6. The van der Waals surface area contributed by atoms with Crippen LogP contribution in [0.15, 0.2) is 121 Å².